The van der Waals surface area contributed by atoms with Gasteiger partial charge in [-0.15, -0.1) is 0 Å². The summed E-state index contributed by atoms with van der Waals surface area (Å²) in [6.45, 7) is -0.171. The Kier molecular flexibility index (Phi) is 9.28. The molecular formula is C30H30F3N3O5. The van der Waals surface area contributed by atoms with Gasteiger partial charge >= 0.3 is 6.18 Å². The number of benzene rings is 3. The monoisotopic (exact) mass is 569 g/mol. The first-order valence-corrected chi connectivity index (χ1v) is 12.8. The van der Waals surface area contributed by atoms with Crippen molar-refractivity contribution in [3.63, 3.8) is 0 Å². The second kappa shape index (κ2) is 12.9. The predicted molar refractivity (Wildman–Crippen MR) is 146 cm³/mol. The van der Waals surface area contributed by atoms with E-state index in [4.69, 9.17) is 14.2 Å². The number of carbonyl (C=O) groups is 2. The SMILES string of the molecule is COCCN(CC(=O)N1N=C(c2ccc(OC)cc2)C[C@H]1c1ccc(OC)cc1)C(=O)c1ccc(C(F)(F)F)cc1. The van der Waals surface area contributed by atoms with Gasteiger partial charge in [0, 0.05) is 25.6 Å². The first-order chi connectivity index (χ1) is 19.6. The number of methoxy groups -OCH3 is 3. The first-order valence-electron chi connectivity index (χ1n) is 12.8. The fraction of sp³-hybridized carbons (Fsp3) is 0.300. The van der Waals surface area contributed by atoms with Crippen LogP contribution in [0.15, 0.2) is 77.9 Å². The van der Waals surface area contributed by atoms with Crippen LogP contribution in [0.5, 0.6) is 11.5 Å². The molecule has 11 heteroatoms. The van der Waals surface area contributed by atoms with Gasteiger partial charge in [-0.2, -0.15) is 18.3 Å². The predicted octanol–water partition coefficient (Wildman–Crippen LogP) is 5.19. The van der Waals surface area contributed by atoms with Crippen molar-refractivity contribution in [1.82, 2.24) is 9.91 Å². The Morgan fingerprint density at radius 3 is 2.02 bits per heavy atom. The maximum absolute atomic E-state index is 13.7. The van der Waals surface area contributed by atoms with Crippen LogP contribution in [0.2, 0.25) is 0 Å². The van der Waals surface area contributed by atoms with Crippen molar-refractivity contribution in [2.24, 2.45) is 5.10 Å². The topological polar surface area (TPSA) is 80.7 Å². The summed E-state index contributed by atoms with van der Waals surface area (Å²) in [7, 11) is 4.59. The van der Waals surface area contributed by atoms with Gasteiger partial charge in [-0.25, -0.2) is 5.01 Å². The highest BCUT2D eigenvalue weighted by Crippen LogP contribution is 2.34. The van der Waals surface area contributed by atoms with E-state index >= 15 is 0 Å². The van der Waals surface area contributed by atoms with Gasteiger partial charge in [-0.05, 0) is 71.8 Å². The molecule has 0 fully saturated rings. The van der Waals surface area contributed by atoms with E-state index in [2.05, 4.69) is 5.10 Å². The summed E-state index contributed by atoms with van der Waals surface area (Å²) < 4.78 is 54.7. The van der Waals surface area contributed by atoms with E-state index in [1.54, 1.807) is 38.5 Å². The summed E-state index contributed by atoms with van der Waals surface area (Å²) in [5, 5.41) is 6.01. The third-order valence-corrected chi connectivity index (χ3v) is 6.73. The van der Waals surface area contributed by atoms with Crippen LogP contribution in [0.3, 0.4) is 0 Å². The number of carbonyl (C=O) groups excluding carboxylic acids is 2. The lowest BCUT2D eigenvalue weighted by molar-refractivity contribution is -0.137. The first kappa shape index (κ1) is 29.6. The zero-order valence-corrected chi connectivity index (χ0v) is 22.9. The third-order valence-electron chi connectivity index (χ3n) is 6.73. The van der Waals surface area contributed by atoms with Gasteiger partial charge in [0.2, 0.25) is 0 Å². The van der Waals surface area contributed by atoms with Crippen LogP contribution < -0.4 is 9.47 Å². The van der Waals surface area contributed by atoms with Crippen molar-refractivity contribution >= 4 is 17.5 Å². The summed E-state index contributed by atoms with van der Waals surface area (Å²) >= 11 is 0. The average molecular weight is 570 g/mol. The van der Waals surface area contributed by atoms with Crippen LogP contribution in [-0.4, -0.2) is 68.5 Å². The second-order valence-electron chi connectivity index (χ2n) is 9.30. The highest BCUT2D eigenvalue weighted by Gasteiger charge is 2.35. The molecule has 0 bridgehead atoms. The number of halogens is 3. The molecular weight excluding hydrogens is 539 g/mol. The van der Waals surface area contributed by atoms with Gasteiger partial charge in [-0.3, -0.25) is 9.59 Å². The van der Waals surface area contributed by atoms with E-state index in [1.807, 2.05) is 24.3 Å². The Balaban J connectivity index is 1.61. The molecule has 0 aliphatic carbocycles. The lowest BCUT2D eigenvalue weighted by atomic mass is 9.98. The number of alkyl halides is 3. The smallest absolute Gasteiger partial charge is 0.416 e. The molecule has 2 amide bonds. The fourth-order valence-electron chi connectivity index (χ4n) is 4.46. The Morgan fingerprint density at radius 1 is 0.902 bits per heavy atom. The van der Waals surface area contributed by atoms with E-state index in [0.717, 1.165) is 35.4 Å². The molecule has 0 spiro atoms. The zero-order valence-electron chi connectivity index (χ0n) is 22.9. The van der Waals surface area contributed by atoms with E-state index in [-0.39, 0.29) is 25.3 Å². The molecule has 0 N–H and O–H groups in total. The highest BCUT2D eigenvalue weighted by molar-refractivity contribution is 6.04. The number of hydrogen-bond acceptors (Lipinski definition) is 6. The second-order valence-corrected chi connectivity index (χ2v) is 9.30. The average Bonchev–Trinajstić information content (AvgIpc) is 3.44. The minimum Gasteiger partial charge on any atom is -0.497 e. The van der Waals surface area contributed by atoms with Crippen molar-refractivity contribution in [3.05, 3.63) is 95.1 Å². The lowest BCUT2D eigenvalue weighted by Crippen LogP contribution is -2.42. The van der Waals surface area contributed by atoms with Crippen LogP contribution >= 0.6 is 0 Å². The van der Waals surface area contributed by atoms with Crippen LogP contribution in [-0.2, 0) is 15.7 Å². The summed E-state index contributed by atoms with van der Waals surface area (Å²) in [5.41, 5.74) is 1.48. The number of rotatable bonds is 10. The van der Waals surface area contributed by atoms with E-state index in [9.17, 15) is 22.8 Å². The van der Waals surface area contributed by atoms with Crippen molar-refractivity contribution < 1.29 is 37.0 Å². The largest absolute Gasteiger partial charge is 0.497 e. The minimum absolute atomic E-state index is 0.0254. The van der Waals surface area contributed by atoms with Gasteiger partial charge in [0.1, 0.15) is 18.0 Å². The minimum atomic E-state index is -4.53. The van der Waals surface area contributed by atoms with Crippen molar-refractivity contribution in [2.75, 3.05) is 41.0 Å². The maximum Gasteiger partial charge on any atom is 0.416 e. The Morgan fingerprint density at radius 2 is 1.49 bits per heavy atom. The molecule has 1 aliphatic rings. The van der Waals surface area contributed by atoms with Crippen molar-refractivity contribution in [2.45, 2.75) is 18.6 Å². The number of nitrogens with zero attached hydrogens (tertiary/aromatic N) is 3. The van der Waals surface area contributed by atoms with Gasteiger partial charge in [-0.1, -0.05) is 12.1 Å². The molecule has 1 aliphatic heterocycles. The molecule has 0 aromatic heterocycles. The van der Waals surface area contributed by atoms with Gasteiger partial charge in [0.15, 0.2) is 0 Å². The molecule has 1 heterocycles. The standard InChI is InChI=1S/C30H30F3N3O5/c1-39-17-16-35(29(38)22-4-10-23(11-5-22)30(31,32)33)19-28(37)36-27(21-8-14-25(41-3)15-9-21)18-26(34-36)20-6-12-24(40-2)13-7-20/h4-15,27H,16-19H2,1-3H3/t27-/m0/s1. The van der Waals surface area contributed by atoms with Gasteiger partial charge < -0.3 is 19.1 Å². The van der Waals surface area contributed by atoms with Crippen LogP contribution in [0, 0.1) is 0 Å². The quantitative estimate of drug-likeness (QED) is 0.336. The Labute approximate surface area is 235 Å². The molecule has 216 valence electrons. The molecule has 41 heavy (non-hydrogen) atoms. The van der Waals surface area contributed by atoms with E-state index < -0.39 is 29.6 Å². The van der Waals surface area contributed by atoms with Crippen molar-refractivity contribution in [1.29, 1.82) is 0 Å². The highest BCUT2D eigenvalue weighted by atomic mass is 19.4. The molecule has 0 unspecified atom stereocenters. The third kappa shape index (κ3) is 7.04. The number of hydrogen-bond donors (Lipinski definition) is 0. The Hall–Kier alpha value is -4.38. The molecule has 0 saturated heterocycles. The summed E-state index contributed by atoms with van der Waals surface area (Å²) in [5.74, 6) is 0.297. The van der Waals surface area contributed by atoms with E-state index in [1.165, 1.54) is 17.0 Å². The van der Waals surface area contributed by atoms with Crippen LogP contribution in [0.4, 0.5) is 13.2 Å². The van der Waals surface area contributed by atoms with E-state index in [0.29, 0.717) is 23.6 Å². The molecule has 8 nitrogen and oxygen atoms in total. The van der Waals surface area contributed by atoms with Crippen molar-refractivity contribution in [3.8, 4) is 11.5 Å². The normalized spacial score (nSPS) is 14.9. The molecule has 0 saturated carbocycles. The summed E-state index contributed by atoms with van der Waals surface area (Å²) in [4.78, 5) is 28.3. The van der Waals surface area contributed by atoms with Gasteiger partial charge in [0.25, 0.3) is 11.8 Å². The molecule has 0 radical (unpaired) electrons. The lowest BCUT2D eigenvalue weighted by Gasteiger charge is -2.27. The summed E-state index contributed by atoms with van der Waals surface area (Å²) in [6, 6.07) is 18.1. The van der Waals surface area contributed by atoms with Crippen LogP contribution in [0.25, 0.3) is 0 Å². The maximum atomic E-state index is 13.7. The van der Waals surface area contributed by atoms with Crippen LogP contribution in [0.1, 0.15) is 39.5 Å². The molecule has 1 atom stereocenters. The number of ether oxygens (including phenoxy) is 3. The molecule has 3 aromatic carbocycles. The fourth-order valence-corrected chi connectivity index (χ4v) is 4.46. The van der Waals surface area contributed by atoms with Gasteiger partial charge in [0.05, 0.1) is 38.1 Å². The number of amides is 2. The molecule has 4 rings (SSSR count). The Bertz CT molecular complexity index is 1370. The number of hydrazone groups is 1. The summed E-state index contributed by atoms with van der Waals surface area (Å²) in [6.07, 6.45) is -4.10. The zero-order chi connectivity index (χ0) is 29.6. The molecule has 3 aromatic rings.